The lowest BCUT2D eigenvalue weighted by atomic mass is 10.00. The molecule has 3 aromatic rings. The standard InChI is InChI=1S/C24H27NO4/c1-13(2)20-12-22(26)29-21-11-18(7-8-19(20)21)28-17(6)24(27)25-23-15(4)9-14(3)10-16(23)5/h7-13,17H,1-6H3,(H,25,27). The van der Waals surface area contributed by atoms with Crippen molar-refractivity contribution in [2.45, 2.75) is 53.6 Å². The van der Waals surface area contributed by atoms with Crippen LogP contribution in [0.25, 0.3) is 11.0 Å². The van der Waals surface area contributed by atoms with Crippen LogP contribution in [0.5, 0.6) is 5.75 Å². The number of nitrogens with one attached hydrogen (secondary N) is 1. The highest BCUT2D eigenvalue weighted by Gasteiger charge is 2.18. The molecule has 0 saturated heterocycles. The van der Waals surface area contributed by atoms with E-state index in [1.54, 1.807) is 19.1 Å². The number of carbonyl (C=O) groups is 1. The van der Waals surface area contributed by atoms with Crippen molar-refractivity contribution in [3.8, 4) is 5.75 Å². The van der Waals surface area contributed by atoms with Crippen molar-refractivity contribution >= 4 is 22.6 Å². The highest BCUT2D eigenvalue weighted by molar-refractivity contribution is 5.95. The summed E-state index contributed by atoms with van der Waals surface area (Å²) in [6.07, 6.45) is -0.715. The molecule has 0 spiro atoms. The normalized spacial score (nSPS) is 12.2. The zero-order chi connectivity index (χ0) is 21.3. The van der Waals surface area contributed by atoms with E-state index in [0.29, 0.717) is 11.3 Å². The maximum Gasteiger partial charge on any atom is 0.336 e. The molecule has 0 aliphatic carbocycles. The van der Waals surface area contributed by atoms with E-state index in [2.05, 4.69) is 5.32 Å². The van der Waals surface area contributed by atoms with Crippen molar-refractivity contribution in [1.82, 2.24) is 0 Å². The number of amides is 1. The van der Waals surface area contributed by atoms with Gasteiger partial charge in [0.15, 0.2) is 6.10 Å². The smallest absolute Gasteiger partial charge is 0.336 e. The summed E-state index contributed by atoms with van der Waals surface area (Å²) in [5.74, 6) is 0.429. The van der Waals surface area contributed by atoms with Gasteiger partial charge in [-0.1, -0.05) is 31.5 Å². The van der Waals surface area contributed by atoms with Crippen molar-refractivity contribution in [3.63, 3.8) is 0 Å². The predicted molar refractivity (Wildman–Crippen MR) is 116 cm³/mol. The minimum absolute atomic E-state index is 0.194. The summed E-state index contributed by atoms with van der Waals surface area (Å²) in [6, 6.07) is 10.9. The van der Waals surface area contributed by atoms with E-state index in [9.17, 15) is 9.59 Å². The van der Waals surface area contributed by atoms with Crippen LogP contribution in [0.3, 0.4) is 0 Å². The molecule has 1 aromatic heterocycles. The Balaban J connectivity index is 1.81. The average molecular weight is 393 g/mol. The molecule has 1 atom stereocenters. The van der Waals surface area contributed by atoms with E-state index < -0.39 is 11.7 Å². The molecule has 3 rings (SSSR count). The van der Waals surface area contributed by atoms with Gasteiger partial charge in [-0.15, -0.1) is 0 Å². The van der Waals surface area contributed by atoms with E-state index >= 15 is 0 Å². The fraction of sp³-hybridized carbons (Fsp3) is 0.333. The van der Waals surface area contributed by atoms with Crippen LogP contribution in [0.1, 0.15) is 48.9 Å². The molecule has 1 unspecified atom stereocenters. The summed E-state index contributed by atoms with van der Waals surface area (Å²) in [6.45, 7) is 11.7. The summed E-state index contributed by atoms with van der Waals surface area (Å²) in [7, 11) is 0. The van der Waals surface area contributed by atoms with Crippen LogP contribution in [-0.2, 0) is 4.79 Å². The first kappa shape index (κ1) is 20.6. The maximum absolute atomic E-state index is 12.7. The molecular weight excluding hydrogens is 366 g/mol. The van der Waals surface area contributed by atoms with Gasteiger partial charge in [0.05, 0.1) is 0 Å². The van der Waals surface area contributed by atoms with Gasteiger partial charge < -0.3 is 14.5 Å². The molecule has 1 heterocycles. The Kier molecular flexibility index (Phi) is 5.78. The number of ether oxygens (including phenoxy) is 1. The molecule has 29 heavy (non-hydrogen) atoms. The van der Waals surface area contributed by atoms with Gasteiger partial charge in [0, 0.05) is 23.2 Å². The minimum atomic E-state index is -0.715. The maximum atomic E-state index is 12.7. The SMILES string of the molecule is Cc1cc(C)c(NC(=O)C(C)Oc2ccc3c(C(C)C)cc(=O)oc3c2)c(C)c1. The van der Waals surface area contributed by atoms with Crippen molar-refractivity contribution in [3.05, 3.63) is 69.1 Å². The molecule has 0 saturated carbocycles. The molecule has 1 N–H and O–H groups in total. The second-order valence-electron chi connectivity index (χ2n) is 7.86. The Morgan fingerprint density at radius 2 is 1.66 bits per heavy atom. The molecule has 2 aromatic carbocycles. The summed E-state index contributed by atoms with van der Waals surface area (Å²) < 4.78 is 11.2. The Labute approximate surface area is 170 Å². The van der Waals surface area contributed by atoms with E-state index in [1.165, 1.54) is 6.07 Å². The molecule has 152 valence electrons. The van der Waals surface area contributed by atoms with Crippen LogP contribution >= 0.6 is 0 Å². The van der Waals surface area contributed by atoms with Gasteiger partial charge in [-0.3, -0.25) is 4.79 Å². The summed E-state index contributed by atoms with van der Waals surface area (Å²) in [5, 5.41) is 3.83. The Morgan fingerprint density at radius 1 is 1.00 bits per heavy atom. The van der Waals surface area contributed by atoms with Crippen LogP contribution in [0.4, 0.5) is 5.69 Å². The molecule has 5 nitrogen and oxygen atoms in total. The number of fused-ring (bicyclic) bond motifs is 1. The number of anilines is 1. The van der Waals surface area contributed by atoms with Gasteiger partial charge >= 0.3 is 5.63 Å². The minimum Gasteiger partial charge on any atom is -0.481 e. The Hall–Kier alpha value is -3.08. The lowest BCUT2D eigenvalue weighted by Gasteiger charge is -2.18. The third-order valence-electron chi connectivity index (χ3n) is 4.98. The molecule has 0 aliphatic rings. The highest BCUT2D eigenvalue weighted by atomic mass is 16.5. The zero-order valence-electron chi connectivity index (χ0n) is 17.8. The third kappa shape index (κ3) is 4.50. The molecule has 5 heteroatoms. The number of hydrogen-bond donors (Lipinski definition) is 1. The molecule has 0 radical (unpaired) electrons. The summed E-state index contributed by atoms with van der Waals surface area (Å²) in [5.41, 5.74) is 4.97. The van der Waals surface area contributed by atoms with E-state index in [-0.39, 0.29) is 11.8 Å². The molecule has 0 aliphatic heterocycles. The van der Waals surface area contributed by atoms with E-state index in [4.69, 9.17) is 9.15 Å². The van der Waals surface area contributed by atoms with E-state index in [1.807, 2.05) is 52.8 Å². The molecular formula is C24H27NO4. The summed E-state index contributed by atoms with van der Waals surface area (Å²) >= 11 is 0. The first-order valence-corrected chi connectivity index (χ1v) is 9.79. The van der Waals surface area contributed by atoms with Crippen molar-refractivity contribution in [1.29, 1.82) is 0 Å². The number of carbonyl (C=O) groups excluding carboxylic acids is 1. The molecule has 1 amide bonds. The predicted octanol–water partition coefficient (Wildman–Crippen LogP) is 5.25. The zero-order valence-corrected chi connectivity index (χ0v) is 17.8. The number of benzene rings is 2. The van der Waals surface area contributed by atoms with Crippen molar-refractivity contribution in [2.24, 2.45) is 0 Å². The first-order valence-electron chi connectivity index (χ1n) is 9.79. The lowest BCUT2D eigenvalue weighted by Crippen LogP contribution is -2.30. The monoisotopic (exact) mass is 393 g/mol. The molecule has 0 fully saturated rings. The van der Waals surface area contributed by atoms with Crippen molar-refractivity contribution in [2.75, 3.05) is 5.32 Å². The van der Waals surface area contributed by atoms with Crippen molar-refractivity contribution < 1.29 is 13.9 Å². The largest absolute Gasteiger partial charge is 0.481 e. The number of rotatable bonds is 5. The van der Waals surface area contributed by atoms with Gasteiger partial charge in [0.1, 0.15) is 11.3 Å². The van der Waals surface area contributed by atoms with Gasteiger partial charge in [0.25, 0.3) is 5.91 Å². The van der Waals surface area contributed by atoms with Crippen LogP contribution < -0.4 is 15.7 Å². The van der Waals surface area contributed by atoms with Crippen LogP contribution in [-0.4, -0.2) is 12.0 Å². The van der Waals surface area contributed by atoms with Gasteiger partial charge in [-0.05, 0) is 62.4 Å². The van der Waals surface area contributed by atoms with Gasteiger partial charge in [-0.2, -0.15) is 0 Å². The van der Waals surface area contributed by atoms with Crippen LogP contribution in [0.2, 0.25) is 0 Å². The average Bonchev–Trinajstić information content (AvgIpc) is 2.63. The second-order valence-corrected chi connectivity index (χ2v) is 7.86. The second kappa shape index (κ2) is 8.11. The Morgan fingerprint density at radius 3 is 2.28 bits per heavy atom. The van der Waals surface area contributed by atoms with E-state index in [0.717, 1.165) is 33.3 Å². The van der Waals surface area contributed by atoms with Gasteiger partial charge in [-0.25, -0.2) is 4.79 Å². The third-order valence-corrected chi connectivity index (χ3v) is 4.98. The number of aryl methyl sites for hydroxylation is 3. The van der Waals surface area contributed by atoms with Crippen LogP contribution in [0.15, 0.2) is 45.6 Å². The highest BCUT2D eigenvalue weighted by Crippen LogP contribution is 2.28. The van der Waals surface area contributed by atoms with Gasteiger partial charge in [0.2, 0.25) is 0 Å². The Bertz CT molecular complexity index is 1100. The fourth-order valence-corrected chi connectivity index (χ4v) is 3.58. The molecule has 0 bridgehead atoms. The quantitative estimate of drug-likeness (QED) is 0.601. The number of hydrogen-bond acceptors (Lipinski definition) is 4. The summed E-state index contributed by atoms with van der Waals surface area (Å²) in [4.78, 5) is 24.5. The fourth-order valence-electron chi connectivity index (χ4n) is 3.58. The first-order chi connectivity index (χ1) is 13.7. The van der Waals surface area contributed by atoms with Crippen LogP contribution in [0, 0.1) is 20.8 Å². The lowest BCUT2D eigenvalue weighted by molar-refractivity contribution is -0.122. The topological polar surface area (TPSA) is 68.5 Å².